The molecule has 2 N–H and O–H groups in total. The summed E-state index contributed by atoms with van der Waals surface area (Å²) in [5.41, 5.74) is 2.80. The van der Waals surface area contributed by atoms with Crippen LogP contribution in [-0.2, 0) is 9.59 Å². The van der Waals surface area contributed by atoms with Crippen LogP contribution < -0.4 is 4.90 Å². The van der Waals surface area contributed by atoms with Gasteiger partial charge in [-0.2, -0.15) is 0 Å². The van der Waals surface area contributed by atoms with Crippen molar-refractivity contribution in [2.75, 3.05) is 4.90 Å². The maximum atomic E-state index is 13.0. The van der Waals surface area contributed by atoms with E-state index in [4.69, 9.17) is 4.42 Å². The first-order chi connectivity index (χ1) is 14.5. The summed E-state index contributed by atoms with van der Waals surface area (Å²) in [7, 11) is 0. The van der Waals surface area contributed by atoms with E-state index in [-0.39, 0.29) is 17.3 Å². The fraction of sp³-hybridized carbons (Fsp3) is 0.0870. The molecule has 3 heterocycles. The Labute approximate surface area is 171 Å². The van der Waals surface area contributed by atoms with Gasteiger partial charge in [0, 0.05) is 5.56 Å². The summed E-state index contributed by atoms with van der Waals surface area (Å²) in [6.45, 7) is 1.92. The van der Waals surface area contributed by atoms with Crippen LogP contribution in [0.25, 0.3) is 16.8 Å². The number of anilines is 1. The van der Waals surface area contributed by atoms with Crippen LogP contribution in [0, 0.1) is 6.92 Å². The molecule has 7 heteroatoms. The molecule has 148 valence electrons. The summed E-state index contributed by atoms with van der Waals surface area (Å²) in [5.74, 6) is -1.28. The molecule has 0 spiro atoms. The lowest BCUT2D eigenvalue weighted by Gasteiger charge is -2.20. The van der Waals surface area contributed by atoms with Gasteiger partial charge in [-0.15, -0.1) is 0 Å². The van der Waals surface area contributed by atoms with Crippen LogP contribution in [0.2, 0.25) is 0 Å². The maximum Gasteiger partial charge on any atom is 0.302 e. The zero-order valence-corrected chi connectivity index (χ0v) is 16.0. The molecule has 2 aromatic carbocycles. The number of H-pyrrole nitrogens is 1. The number of aromatic amines is 1. The Kier molecular flexibility index (Phi) is 4.03. The molecule has 1 unspecified atom stereocenters. The van der Waals surface area contributed by atoms with Crippen molar-refractivity contribution >= 4 is 34.4 Å². The number of aliphatic hydroxyl groups is 1. The minimum atomic E-state index is -0.943. The fourth-order valence-corrected chi connectivity index (χ4v) is 3.69. The average Bonchev–Trinajstić information content (AvgIpc) is 3.47. The monoisotopic (exact) mass is 399 g/mol. The number of rotatable bonds is 3. The number of Topliss-reactive ketones (excluding diaryl/α,β-unsaturated/α-hetero) is 1. The number of para-hydroxylation sites is 2. The van der Waals surface area contributed by atoms with Gasteiger partial charge >= 0.3 is 5.91 Å². The zero-order chi connectivity index (χ0) is 20.8. The minimum Gasteiger partial charge on any atom is -0.507 e. The number of hydrogen-bond donors (Lipinski definition) is 2. The first kappa shape index (κ1) is 17.9. The van der Waals surface area contributed by atoms with Gasteiger partial charge in [-0.05, 0) is 31.2 Å². The van der Waals surface area contributed by atoms with Gasteiger partial charge in [0.2, 0.25) is 5.95 Å². The van der Waals surface area contributed by atoms with Crippen molar-refractivity contribution < 1.29 is 19.1 Å². The summed E-state index contributed by atoms with van der Waals surface area (Å²) in [6.07, 6.45) is 1.46. The van der Waals surface area contributed by atoms with E-state index in [0.29, 0.717) is 16.8 Å². The molecule has 2 aromatic heterocycles. The number of nitrogens with zero attached hydrogens (tertiary/aromatic N) is 2. The van der Waals surface area contributed by atoms with Gasteiger partial charge in [-0.25, -0.2) is 4.98 Å². The second kappa shape index (κ2) is 6.73. The number of aromatic nitrogens is 2. The Morgan fingerprint density at radius 1 is 1.07 bits per heavy atom. The Balaban J connectivity index is 1.71. The van der Waals surface area contributed by atoms with Crippen LogP contribution in [0.1, 0.15) is 22.9 Å². The molecule has 5 rings (SSSR count). The number of carbonyl (C=O) groups excluding carboxylic acids is 2. The number of ketones is 1. The van der Waals surface area contributed by atoms with Crippen molar-refractivity contribution in [1.29, 1.82) is 0 Å². The predicted octanol–water partition coefficient (Wildman–Crippen LogP) is 4.09. The van der Waals surface area contributed by atoms with Crippen LogP contribution in [-0.4, -0.2) is 26.8 Å². The van der Waals surface area contributed by atoms with E-state index in [1.807, 2.05) is 37.3 Å². The summed E-state index contributed by atoms with van der Waals surface area (Å²) in [6, 6.07) is 16.8. The molecule has 1 aliphatic rings. The number of fused-ring (bicyclic) bond motifs is 1. The van der Waals surface area contributed by atoms with Crippen molar-refractivity contribution in [3.8, 4) is 0 Å². The Morgan fingerprint density at radius 3 is 2.53 bits per heavy atom. The van der Waals surface area contributed by atoms with E-state index in [0.717, 1.165) is 11.1 Å². The highest BCUT2D eigenvalue weighted by molar-refractivity contribution is 6.51. The van der Waals surface area contributed by atoms with Crippen LogP contribution in [0.15, 0.2) is 76.9 Å². The highest BCUT2D eigenvalue weighted by atomic mass is 16.3. The van der Waals surface area contributed by atoms with Gasteiger partial charge < -0.3 is 14.5 Å². The van der Waals surface area contributed by atoms with Gasteiger partial charge in [0.1, 0.15) is 17.6 Å². The molecule has 1 atom stereocenters. The largest absolute Gasteiger partial charge is 0.507 e. The molecule has 0 saturated carbocycles. The standard InChI is InChI=1S/C23H17N3O4/c1-13-8-10-14(11-9-13)20(27)18-19(17-7-4-12-30-17)26(22(29)21(18)28)23-24-15-5-2-3-6-16(15)25-23/h2-12,19,27H,1H3,(H,24,25)/b20-18+. The second-order valence-electron chi connectivity index (χ2n) is 7.13. The summed E-state index contributed by atoms with van der Waals surface area (Å²) >= 11 is 0. The van der Waals surface area contributed by atoms with Crippen LogP contribution in [0.3, 0.4) is 0 Å². The number of aryl methyl sites for hydroxylation is 1. The topological polar surface area (TPSA) is 99.4 Å². The van der Waals surface area contributed by atoms with Crippen LogP contribution >= 0.6 is 0 Å². The molecule has 0 radical (unpaired) electrons. The molecule has 1 amide bonds. The van der Waals surface area contributed by atoms with E-state index in [1.165, 1.54) is 11.2 Å². The lowest BCUT2D eigenvalue weighted by molar-refractivity contribution is -0.132. The zero-order valence-electron chi connectivity index (χ0n) is 16.0. The van der Waals surface area contributed by atoms with Crippen LogP contribution in [0.4, 0.5) is 5.95 Å². The van der Waals surface area contributed by atoms with Crippen molar-refractivity contribution in [2.45, 2.75) is 13.0 Å². The summed E-state index contributed by atoms with van der Waals surface area (Å²) < 4.78 is 5.54. The van der Waals surface area contributed by atoms with Gasteiger partial charge in [0.15, 0.2) is 0 Å². The maximum absolute atomic E-state index is 13.0. The number of benzene rings is 2. The normalized spacial score (nSPS) is 18.4. The van der Waals surface area contributed by atoms with Crippen LogP contribution in [0.5, 0.6) is 0 Å². The Hall–Kier alpha value is -4.13. The number of aliphatic hydroxyl groups excluding tert-OH is 1. The van der Waals surface area contributed by atoms with E-state index in [9.17, 15) is 14.7 Å². The molecule has 7 nitrogen and oxygen atoms in total. The smallest absolute Gasteiger partial charge is 0.302 e. The average molecular weight is 399 g/mol. The summed E-state index contributed by atoms with van der Waals surface area (Å²) in [4.78, 5) is 34.8. The minimum absolute atomic E-state index is 0.0424. The molecule has 30 heavy (non-hydrogen) atoms. The molecule has 4 aromatic rings. The third-order valence-electron chi connectivity index (χ3n) is 5.19. The van der Waals surface area contributed by atoms with Gasteiger partial charge in [0.05, 0.1) is 22.9 Å². The van der Waals surface area contributed by atoms with Crippen molar-refractivity contribution in [3.05, 3.63) is 89.4 Å². The van der Waals surface area contributed by atoms with E-state index < -0.39 is 17.7 Å². The second-order valence-corrected chi connectivity index (χ2v) is 7.13. The lowest BCUT2D eigenvalue weighted by atomic mass is 9.99. The molecule has 0 aliphatic carbocycles. The SMILES string of the molecule is Cc1ccc(/C(O)=C2\C(=O)C(=O)N(c3nc4ccccc4[nH]3)C2c2ccco2)cc1. The first-order valence-electron chi connectivity index (χ1n) is 9.41. The number of imidazole rings is 1. The number of furan rings is 1. The Bertz CT molecular complexity index is 1270. The highest BCUT2D eigenvalue weighted by Gasteiger charge is 2.49. The van der Waals surface area contributed by atoms with Crippen molar-refractivity contribution in [2.24, 2.45) is 0 Å². The van der Waals surface area contributed by atoms with Crippen molar-refractivity contribution in [3.63, 3.8) is 0 Å². The number of carbonyl (C=O) groups is 2. The molecular formula is C23H17N3O4. The predicted molar refractivity (Wildman–Crippen MR) is 111 cm³/mol. The molecule has 1 saturated heterocycles. The number of amides is 1. The quantitative estimate of drug-likeness (QED) is 0.307. The molecule has 0 bridgehead atoms. The fourth-order valence-electron chi connectivity index (χ4n) is 3.69. The molecule has 1 fully saturated rings. The third-order valence-corrected chi connectivity index (χ3v) is 5.19. The summed E-state index contributed by atoms with van der Waals surface area (Å²) in [5, 5.41) is 11.0. The lowest BCUT2D eigenvalue weighted by Crippen LogP contribution is -2.30. The number of nitrogens with one attached hydrogen (secondary N) is 1. The highest BCUT2D eigenvalue weighted by Crippen LogP contribution is 2.41. The first-order valence-corrected chi connectivity index (χ1v) is 9.41. The van der Waals surface area contributed by atoms with Gasteiger partial charge in [-0.3, -0.25) is 14.5 Å². The van der Waals surface area contributed by atoms with Crippen molar-refractivity contribution in [1.82, 2.24) is 9.97 Å². The number of hydrogen-bond acceptors (Lipinski definition) is 5. The third kappa shape index (κ3) is 2.71. The van der Waals surface area contributed by atoms with Gasteiger partial charge in [0.25, 0.3) is 5.78 Å². The molecule has 1 aliphatic heterocycles. The van der Waals surface area contributed by atoms with E-state index in [2.05, 4.69) is 9.97 Å². The van der Waals surface area contributed by atoms with E-state index in [1.54, 1.807) is 30.3 Å². The Morgan fingerprint density at radius 2 is 1.83 bits per heavy atom. The van der Waals surface area contributed by atoms with Gasteiger partial charge in [-0.1, -0.05) is 42.0 Å². The van der Waals surface area contributed by atoms with E-state index >= 15 is 0 Å². The molecular weight excluding hydrogens is 382 g/mol.